The summed E-state index contributed by atoms with van der Waals surface area (Å²) in [6.45, 7) is 10.1. The molecule has 0 aliphatic carbocycles. The SMILES string of the molecule is CCCC(C)N1CCN(c2ncnc3c2CCN(C(=O)Cc2ccccc2)C3)CC1. The first-order valence-electron chi connectivity index (χ1n) is 11.3. The quantitative estimate of drug-likeness (QED) is 0.737. The molecular formula is C24H33N5O. The maximum Gasteiger partial charge on any atom is 0.227 e. The van der Waals surface area contributed by atoms with E-state index in [1.54, 1.807) is 6.33 Å². The first-order chi connectivity index (χ1) is 14.7. The second-order valence-electron chi connectivity index (χ2n) is 8.51. The maximum absolute atomic E-state index is 12.8. The molecule has 160 valence electrons. The zero-order valence-electron chi connectivity index (χ0n) is 18.3. The largest absolute Gasteiger partial charge is 0.354 e. The summed E-state index contributed by atoms with van der Waals surface area (Å²) < 4.78 is 0. The van der Waals surface area contributed by atoms with Crippen molar-refractivity contribution >= 4 is 11.7 Å². The van der Waals surface area contributed by atoms with Crippen molar-refractivity contribution in [1.82, 2.24) is 19.8 Å². The normalized spacial score (nSPS) is 18.2. The molecule has 0 N–H and O–H groups in total. The van der Waals surface area contributed by atoms with E-state index in [1.807, 2.05) is 35.2 Å². The van der Waals surface area contributed by atoms with Crippen molar-refractivity contribution in [2.75, 3.05) is 37.6 Å². The third-order valence-electron chi connectivity index (χ3n) is 6.48. The highest BCUT2D eigenvalue weighted by atomic mass is 16.2. The highest BCUT2D eigenvalue weighted by Gasteiger charge is 2.28. The Bertz CT molecular complexity index is 848. The summed E-state index contributed by atoms with van der Waals surface area (Å²) in [6.07, 6.45) is 5.45. The van der Waals surface area contributed by atoms with Gasteiger partial charge in [-0.05, 0) is 25.3 Å². The number of nitrogens with zero attached hydrogens (tertiary/aromatic N) is 5. The number of anilines is 1. The Morgan fingerprint density at radius 2 is 1.83 bits per heavy atom. The molecule has 6 heteroatoms. The van der Waals surface area contributed by atoms with Gasteiger partial charge in [0.2, 0.25) is 5.91 Å². The average molecular weight is 408 g/mol. The lowest BCUT2D eigenvalue weighted by Crippen LogP contribution is -2.50. The van der Waals surface area contributed by atoms with Crippen LogP contribution in [0.1, 0.15) is 43.5 Å². The van der Waals surface area contributed by atoms with E-state index in [0.717, 1.165) is 56.2 Å². The van der Waals surface area contributed by atoms with E-state index in [-0.39, 0.29) is 5.91 Å². The van der Waals surface area contributed by atoms with E-state index < -0.39 is 0 Å². The maximum atomic E-state index is 12.8. The minimum atomic E-state index is 0.172. The van der Waals surface area contributed by atoms with E-state index in [9.17, 15) is 4.79 Å². The van der Waals surface area contributed by atoms with Crippen LogP contribution in [0.15, 0.2) is 36.7 Å². The number of carbonyl (C=O) groups excluding carboxylic acids is 1. The van der Waals surface area contributed by atoms with Gasteiger partial charge in [0.25, 0.3) is 0 Å². The van der Waals surface area contributed by atoms with E-state index in [2.05, 4.69) is 33.6 Å². The molecule has 0 radical (unpaired) electrons. The van der Waals surface area contributed by atoms with Crippen molar-refractivity contribution in [2.45, 2.75) is 52.1 Å². The van der Waals surface area contributed by atoms with Crippen molar-refractivity contribution in [3.05, 3.63) is 53.5 Å². The number of aromatic nitrogens is 2. The second kappa shape index (κ2) is 9.56. The van der Waals surface area contributed by atoms with E-state index in [4.69, 9.17) is 0 Å². The number of hydrogen-bond donors (Lipinski definition) is 0. The zero-order valence-corrected chi connectivity index (χ0v) is 18.3. The highest BCUT2D eigenvalue weighted by molar-refractivity contribution is 5.79. The lowest BCUT2D eigenvalue weighted by Gasteiger charge is -2.40. The molecule has 2 aliphatic heterocycles. The van der Waals surface area contributed by atoms with Gasteiger partial charge in [0.15, 0.2) is 0 Å². The molecule has 3 heterocycles. The fraction of sp³-hybridized carbons (Fsp3) is 0.542. The minimum absolute atomic E-state index is 0.172. The molecule has 0 saturated carbocycles. The number of piperazine rings is 1. The first kappa shape index (κ1) is 20.8. The van der Waals surface area contributed by atoms with Crippen LogP contribution in [-0.4, -0.2) is 64.4 Å². The van der Waals surface area contributed by atoms with Gasteiger partial charge in [0.05, 0.1) is 18.7 Å². The summed E-state index contributed by atoms with van der Waals surface area (Å²) in [4.78, 5) is 28.9. The van der Waals surface area contributed by atoms with Gasteiger partial charge in [0, 0.05) is 44.3 Å². The van der Waals surface area contributed by atoms with Crippen LogP contribution < -0.4 is 4.90 Å². The molecule has 1 aromatic heterocycles. The van der Waals surface area contributed by atoms with E-state index >= 15 is 0 Å². The fourth-order valence-corrected chi connectivity index (χ4v) is 4.68. The van der Waals surface area contributed by atoms with Gasteiger partial charge in [0.1, 0.15) is 12.1 Å². The number of fused-ring (bicyclic) bond motifs is 1. The molecule has 2 aromatic rings. The van der Waals surface area contributed by atoms with Gasteiger partial charge in [-0.1, -0.05) is 43.7 Å². The molecule has 1 amide bonds. The Hall–Kier alpha value is -2.47. The summed E-state index contributed by atoms with van der Waals surface area (Å²) in [6, 6.07) is 10.6. The van der Waals surface area contributed by atoms with Crippen molar-refractivity contribution in [3.63, 3.8) is 0 Å². The fourth-order valence-electron chi connectivity index (χ4n) is 4.68. The van der Waals surface area contributed by atoms with Crippen LogP contribution in [0, 0.1) is 0 Å². The summed E-state index contributed by atoms with van der Waals surface area (Å²) >= 11 is 0. The van der Waals surface area contributed by atoms with E-state index in [1.165, 1.54) is 18.4 Å². The van der Waals surface area contributed by atoms with E-state index in [0.29, 0.717) is 19.0 Å². The number of hydrogen-bond acceptors (Lipinski definition) is 5. The molecule has 1 aromatic carbocycles. The van der Waals surface area contributed by atoms with Crippen LogP contribution in [0.2, 0.25) is 0 Å². The van der Waals surface area contributed by atoms with Crippen molar-refractivity contribution < 1.29 is 4.79 Å². The van der Waals surface area contributed by atoms with Crippen LogP contribution in [0.3, 0.4) is 0 Å². The van der Waals surface area contributed by atoms with Gasteiger partial charge in [-0.3, -0.25) is 9.69 Å². The van der Waals surface area contributed by atoms with Crippen LogP contribution in [0.5, 0.6) is 0 Å². The van der Waals surface area contributed by atoms with Gasteiger partial charge in [-0.2, -0.15) is 0 Å². The first-order valence-corrected chi connectivity index (χ1v) is 11.3. The summed E-state index contributed by atoms with van der Waals surface area (Å²) in [5, 5.41) is 0. The van der Waals surface area contributed by atoms with Crippen molar-refractivity contribution in [3.8, 4) is 0 Å². The Labute approximate surface area is 179 Å². The van der Waals surface area contributed by atoms with Crippen molar-refractivity contribution in [1.29, 1.82) is 0 Å². The van der Waals surface area contributed by atoms with Crippen LogP contribution in [0.25, 0.3) is 0 Å². The molecule has 4 rings (SSSR count). The molecule has 1 saturated heterocycles. The molecule has 0 spiro atoms. The molecule has 0 bridgehead atoms. The minimum Gasteiger partial charge on any atom is -0.354 e. The second-order valence-corrected chi connectivity index (χ2v) is 8.51. The van der Waals surface area contributed by atoms with Gasteiger partial charge >= 0.3 is 0 Å². The molecule has 1 unspecified atom stereocenters. The number of carbonyl (C=O) groups is 1. The smallest absolute Gasteiger partial charge is 0.227 e. The molecule has 6 nitrogen and oxygen atoms in total. The Kier molecular flexibility index (Phi) is 6.62. The molecular weight excluding hydrogens is 374 g/mol. The molecule has 1 atom stereocenters. The molecule has 2 aliphatic rings. The average Bonchev–Trinajstić information content (AvgIpc) is 2.79. The Morgan fingerprint density at radius 3 is 2.57 bits per heavy atom. The van der Waals surface area contributed by atoms with Gasteiger partial charge in [-0.15, -0.1) is 0 Å². The zero-order chi connectivity index (χ0) is 20.9. The number of amides is 1. The topological polar surface area (TPSA) is 52.6 Å². The Morgan fingerprint density at radius 1 is 1.07 bits per heavy atom. The summed E-state index contributed by atoms with van der Waals surface area (Å²) in [5.41, 5.74) is 3.30. The van der Waals surface area contributed by atoms with Gasteiger partial charge in [-0.25, -0.2) is 9.97 Å². The summed E-state index contributed by atoms with van der Waals surface area (Å²) in [5.74, 6) is 1.25. The predicted octanol–water partition coefficient (Wildman–Crippen LogP) is 2.91. The number of benzene rings is 1. The van der Waals surface area contributed by atoms with Crippen LogP contribution in [-0.2, 0) is 24.2 Å². The monoisotopic (exact) mass is 407 g/mol. The number of rotatable bonds is 6. The third-order valence-corrected chi connectivity index (χ3v) is 6.48. The molecule has 1 fully saturated rings. The molecule has 30 heavy (non-hydrogen) atoms. The van der Waals surface area contributed by atoms with Crippen molar-refractivity contribution in [2.24, 2.45) is 0 Å². The highest BCUT2D eigenvalue weighted by Crippen LogP contribution is 2.27. The lowest BCUT2D eigenvalue weighted by molar-refractivity contribution is -0.131. The van der Waals surface area contributed by atoms with Crippen LogP contribution >= 0.6 is 0 Å². The lowest BCUT2D eigenvalue weighted by atomic mass is 10.0. The van der Waals surface area contributed by atoms with Crippen LogP contribution in [0.4, 0.5) is 5.82 Å². The third kappa shape index (κ3) is 4.64. The Balaban J connectivity index is 1.40. The van der Waals surface area contributed by atoms with Gasteiger partial charge < -0.3 is 9.80 Å². The summed E-state index contributed by atoms with van der Waals surface area (Å²) in [7, 11) is 0. The standard InChI is InChI=1S/C24H33N5O/c1-3-7-19(2)27-12-14-28(15-13-27)24-21-10-11-29(17-22(21)25-18-26-24)23(30)16-20-8-5-4-6-9-20/h4-6,8-9,18-19H,3,7,10-17H2,1-2H3. The predicted molar refractivity (Wildman–Crippen MR) is 119 cm³/mol.